The number of allylic oxidation sites excluding steroid dienone is 1. The lowest BCUT2D eigenvalue weighted by molar-refractivity contribution is 1.29. The third kappa shape index (κ3) is 4.99. The third-order valence-corrected chi connectivity index (χ3v) is 4.48. The zero-order chi connectivity index (χ0) is 18.4. The summed E-state index contributed by atoms with van der Waals surface area (Å²) in [5.41, 5.74) is 6.07. The summed E-state index contributed by atoms with van der Waals surface area (Å²) in [5, 5.41) is 0.725. The van der Waals surface area contributed by atoms with Crippen LogP contribution in [0.25, 0.3) is 17.2 Å². The van der Waals surface area contributed by atoms with Crippen LogP contribution in [0.1, 0.15) is 23.7 Å². The number of nitrogens with zero attached hydrogens (tertiary/aromatic N) is 1. The van der Waals surface area contributed by atoms with Gasteiger partial charge in [-0.2, -0.15) is 0 Å². The standard InChI is InChI=1S/C23H17Cl2N/c1-17(15-24)14-19-4-2-18(3-5-19)6-12-23-13-9-21(16-26-23)20-7-10-22(25)11-8-20/h2-5,7-11,13-14,16H,15H2,1H3. The summed E-state index contributed by atoms with van der Waals surface area (Å²) in [7, 11) is 0. The second-order valence-electron chi connectivity index (χ2n) is 5.94. The molecule has 1 aromatic heterocycles. The van der Waals surface area contributed by atoms with Gasteiger partial charge in [-0.15, -0.1) is 11.6 Å². The highest BCUT2D eigenvalue weighted by Gasteiger charge is 1.98. The van der Waals surface area contributed by atoms with Crippen molar-refractivity contribution in [1.82, 2.24) is 4.98 Å². The molecule has 0 N–H and O–H groups in total. The molecular formula is C23H17Cl2N. The van der Waals surface area contributed by atoms with Crippen LogP contribution in [0.15, 0.2) is 72.4 Å². The number of rotatable bonds is 3. The van der Waals surface area contributed by atoms with Gasteiger partial charge in [-0.1, -0.05) is 59.5 Å². The monoisotopic (exact) mass is 377 g/mol. The van der Waals surface area contributed by atoms with Crippen molar-refractivity contribution in [2.24, 2.45) is 0 Å². The number of hydrogen-bond acceptors (Lipinski definition) is 1. The summed E-state index contributed by atoms with van der Waals surface area (Å²) in [5.74, 6) is 6.79. The van der Waals surface area contributed by atoms with Gasteiger partial charge < -0.3 is 0 Å². The molecule has 0 saturated carbocycles. The Balaban J connectivity index is 1.73. The molecule has 2 aromatic carbocycles. The Labute approximate surface area is 164 Å². The van der Waals surface area contributed by atoms with E-state index in [1.807, 2.05) is 73.8 Å². The van der Waals surface area contributed by atoms with E-state index in [0.717, 1.165) is 38.5 Å². The van der Waals surface area contributed by atoms with Crippen molar-refractivity contribution in [1.29, 1.82) is 0 Å². The molecular weight excluding hydrogens is 361 g/mol. The predicted octanol–water partition coefficient (Wildman–Crippen LogP) is 6.44. The summed E-state index contributed by atoms with van der Waals surface area (Å²) in [6.45, 7) is 2.01. The fourth-order valence-electron chi connectivity index (χ4n) is 2.40. The molecule has 3 rings (SSSR count). The fourth-order valence-corrected chi connectivity index (χ4v) is 2.61. The lowest BCUT2D eigenvalue weighted by atomic mass is 10.1. The van der Waals surface area contributed by atoms with E-state index in [-0.39, 0.29) is 0 Å². The number of alkyl halides is 1. The number of aromatic nitrogens is 1. The average molecular weight is 378 g/mol. The van der Waals surface area contributed by atoms with E-state index in [9.17, 15) is 0 Å². The number of pyridine rings is 1. The van der Waals surface area contributed by atoms with Gasteiger partial charge in [0.2, 0.25) is 0 Å². The Hall–Kier alpha value is -2.53. The van der Waals surface area contributed by atoms with Crippen LogP contribution in [0.2, 0.25) is 5.02 Å². The van der Waals surface area contributed by atoms with Crippen LogP contribution in [0.5, 0.6) is 0 Å². The Morgan fingerprint density at radius 3 is 2.23 bits per heavy atom. The number of hydrogen-bond donors (Lipinski definition) is 0. The molecule has 0 aliphatic carbocycles. The Morgan fingerprint density at radius 2 is 1.62 bits per heavy atom. The number of halogens is 2. The Bertz CT molecular complexity index is 958. The van der Waals surface area contributed by atoms with Crippen molar-refractivity contribution in [3.8, 4) is 23.0 Å². The van der Waals surface area contributed by atoms with Crippen molar-refractivity contribution >= 4 is 29.3 Å². The molecule has 3 heteroatoms. The highest BCUT2D eigenvalue weighted by molar-refractivity contribution is 6.30. The topological polar surface area (TPSA) is 12.9 Å². The van der Waals surface area contributed by atoms with Gasteiger partial charge in [0, 0.05) is 28.2 Å². The van der Waals surface area contributed by atoms with Crippen LogP contribution >= 0.6 is 23.2 Å². The second-order valence-corrected chi connectivity index (χ2v) is 6.64. The molecule has 0 radical (unpaired) electrons. The summed E-state index contributed by atoms with van der Waals surface area (Å²) < 4.78 is 0. The van der Waals surface area contributed by atoms with Crippen LogP contribution in [0.4, 0.5) is 0 Å². The lowest BCUT2D eigenvalue weighted by Gasteiger charge is -2.01. The highest BCUT2D eigenvalue weighted by atomic mass is 35.5. The molecule has 0 atom stereocenters. The maximum atomic E-state index is 5.92. The van der Waals surface area contributed by atoms with Gasteiger partial charge in [0.25, 0.3) is 0 Å². The normalized spacial score (nSPS) is 11.0. The van der Waals surface area contributed by atoms with Crippen LogP contribution in [-0.2, 0) is 0 Å². The minimum absolute atomic E-state index is 0.541. The summed E-state index contributed by atoms with van der Waals surface area (Å²) >= 11 is 11.7. The molecule has 26 heavy (non-hydrogen) atoms. The predicted molar refractivity (Wildman–Crippen MR) is 111 cm³/mol. The first-order valence-corrected chi connectivity index (χ1v) is 9.12. The molecule has 0 spiro atoms. The van der Waals surface area contributed by atoms with Crippen molar-refractivity contribution in [3.63, 3.8) is 0 Å². The Kier molecular flexibility index (Phi) is 6.12. The van der Waals surface area contributed by atoms with Gasteiger partial charge in [-0.25, -0.2) is 4.98 Å². The first-order chi connectivity index (χ1) is 12.6. The molecule has 0 aliphatic rings. The van der Waals surface area contributed by atoms with Crippen LogP contribution in [0.3, 0.4) is 0 Å². The molecule has 1 nitrogen and oxygen atoms in total. The van der Waals surface area contributed by atoms with E-state index in [1.165, 1.54) is 0 Å². The molecule has 0 fully saturated rings. The molecule has 0 saturated heterocycles. The minimum Gasteiger partial charge on any atom is -0.247 e. The second kappa shape index (κ2) is 8.72. The van der Waals surface area contributed by atoms with Gasteiger partial charge in [0.1, 0.15) is 5.69 Å². The average Bonchev–Trinajstić information content (AvgIpc) is 2.68. The highest BCUT2D eigenvalue weighted by Crippen LogP contribution is 2.20. The third-order valence-electron chi connectivity index (χ3n) is 3.81. The lowest BCUT2D eigenvalue weighted by Crippen LogP contribution is -1.85. The van der Waals surface area contributed by atoms with Crippen molar-refractivity contribution in [3.05, 3.63) is 94.3 Å². The molecule has 128 valence electrons. The molecule has 0 unspecified atom stereocenters. The molecule has 3 aromatic rings. The van der Waals surface area contributed by atoms with Gasteiger partial charge in [-0.05, 0) is 54.3 Å². The van der Waals surface area contributed by atoms with Crippen LogP contribution in [0, 0.1) is 11.8 Å². The number of benzene rings is 2. The molecule has 0 aliphatic heterocycles. The first kappa shape index (κ1) is 18.3. The quantitative estimate of drug-likeness (QED) is 0.377. The fraction of sp³-hybridized carbons (Fsp3) is 0.0870. The maximum absolute atomic E-state index is 5.92. The SMILES string of the molecule is CC(=Cc1ccc(C#Cc2ccc(-c3ccc(Cl)cc3)cn2)cc1)CCl. The van der Waals surface area contributed by atoms with Crippen LogP contribution < -0.4 is 0 Å². The zero-order valence-corrected chi connectivity index (χ0v) is 15.9. The largest absolute Gasteiger partial charge is 0.247 e. The van der Waals surface area contributed by atoms with Crippen LogP contribution in [-0.4, -0.2) is 10.9 Å². The van der Waals surface area contributed by atoms with E-state index >= 15 is 0 Å². The summed E-state index contributed by atoms with van der Waals surface area (Å²) in [6, 6.07) is 19.7. The van der Waals surface area contributed by atoms with E-state index in [4.69, 9.17) is 23.2 Å². The minimum atomic E-state index is 0.541. The molecule has 0 amide bonds. The smallest absolute Gasteiger partial charge is 0.113 e. The van der Waals surface area contributed by atoms with Gasteiger partial charge in [0.15, 0.2) is 0 Å². The molecule has 0 bridgehead atoms. The van der Waals surface area contributed by atoms with E-state index in [1.54, 1.807) is 0 Å². The van der Waals surface area contributed by atoms with Gasteiger partial charge in [-0.3, -0.25) is 0 Å². The zero-order valence-electron chi connectivity index (χ0n) is 14.3. The first-order valence-electron chi connectivity index (χ1n) is 8.21. The summed E-state index contributed by atoms with van der Waals surface area (Å²) in [4.78, 5) is 4.43. The van der Waals surface area contributed by atoms with Crippen molar-refractivity contribution in [2.45, 2.75) is 6.92 Å². The summed E-state index contributed by atoms with van der Waals surface area (Å²) in [6.07, 6.45) is 3.90. The van der Waals surface area contributed by atoms with E-state index in [2.05, 4.69) is 22.9 Å². The van der Waals surface area contributed by atoms with E-state index < -0.39 is 0 Å². The van der Waals surface area contributed by atoms with Gasteiger partial charge >= 0.3 is 0 Å². The van der Waals surface area contributed by atoms with Gasteiger partial charge in [0.05, 0.1) is 0 Å². The molecule has 1 heterocycles. The van der Waals surface area contributed by atoms with Crippen molar-refractivity contribution in [2.75, 3.05) is 5.88 Å². The van der Waals surface area contributed by atoms with E-state index in [0.29, 0.717) is 5.88 Å². The Morgan fingerprint density at radius 1 is 0.923 bits per heavy atom. The maximum Gasteiger partial charge on any atom is 0.113 e. The van der Waals surface area contributed by atoms with Crippen molar-refractivity contribution < 1.29 is 0 Å².